The van der Waals surface area contributed by atoms with Crippen molar-refractivity contribution in [1.29, 1.82) is 0 Å². The summed E-state index contributed by atoms with van der Waals surface area (Å²) in [6, 6.07) is 2.42. The van der Waals surface area contributed by atoms with Crippen LogP contribution in [-0.4, -0.2) is 35.1 Å². The summed E-state index contributed by atoms with van der Waals surface area (Å²) in [7, 11) is 1.60. The zero-order valence-corrected chi connectivity index (χ0v) is 10.0. The molecule has 0 N–H and O–H groups in total. The van der Waals surface area contributed by atoms with Crippen molar-refractivity contribution in [2.75, 3.05) is 20.2 Å². The Kier molecular flexibility index (Phi) is 3.72. The number of aromatic nitrogens is 2. The Morgan fingerprint density at radius 3 is 3.19 bits per heavy atom. The van der Waals surface area contributed by atoms with Crippen LogP contribution in [0, 0.1) is 5.92 Å². The van der Waals surface area contributed by atoms with Crippen molar-refractivity contribution in [3.63, 3.8) is 0 Å². The van der Waals surface area contributed by atoms with Gasteiger partial charge in [0.1, 0.15) is 0 Å². The standard InChI is InChI=1S/C12H19N3O/c1-10-4-3-7-15(8-10)9-11-5-6-13-12(14-11)16-2/h5-6,10H,3-4,7-9H2,1-2H3. The summed E-state index contributed by atoms with van der Waals surface area (Å²) in [5, 5.41) is 0. The molecule has 1 fully saturated rings. The van der Waals surface area contributed by atoms with E-state index in [9.17, 15) is 0 Å². The van der Waals surface area contributed by atoms with Crippen LogP contribution in [0.5, 0.6) is 6.01 Å². The molecule has 1 aromatic rings. The number of hydrogen-bond donors (Lipinski definition) is 0. The highest BCUT2D eigenvalue weighted by Crippen LogP contribution is 2.17. The monoisotopic (exact) mass is 221 g/mol. The summed E-state index contributed by atoms with van der Waals surface area (Å²) in [6.45, 7) is 5.57. The van der Waals surface area contributed by atoms with E-state index in [0.717, 1.165) is 18.2 Å². The highest BCUT2D eigenvalue weighted by Gasteiger charge is 2.16. The molecular weight excluding hydrogens is 202 g/mol. The first-order chi connectivity index (χ1) is 7.78. The highest BCUT2D eigenvalue weighted by atomic mass is 16.5. The molecule has 1 unspecified atom stereocenters. The zero-order chi connectivity index (χ0) is 11.4. The summed E-state index contributed by atoms with van der Waals surface area (Å²) in [5.74, 6) is 0.803. The van der Waals surface area contributed by atoms with Crippen molar-refractivity contribution in [2.45, 2.75) is 26.3 Å². The van der Waals surface area contributed by atoms with E-state index < -0.39 is 0 Å². The predicted molar refractivity (Wildman–Crippen MR) is 62.3 cm³/mol. The van der Waals surface area contributed by atoms with Gasteiger partial charge in [0.2, 0.25) is 0 Å². The van der Waals surface area contributed by atoms with Crippen molar-refractivity contribution in [1.82, 2.24) is 14.9 Å². The minimum Gasteiger partial charge on any atom is -0.467 e. The van der Waals surface area contributed by atoms with Gasteiger partial charge in [-0.25, -0.2) is 4.98 Å². The molecule has 4 nitrogen and oxygen atoms in total. The van der Waals surface area contributed by atoms with Crippen LogP contribution in [0.3, 0.4) is 0 Å². The fourth-order valence-corrected chi connectivity index (χ4v) is 2.22. The molecule has 0 aromatic carbocycles. The number of hydrogen-bond acceptors (Lipinski definition) is 4. The number of likely N-dealkylation sites (tertiary alicyclic amines) is 1. The molecule has 0 saturated carbocycles. The Balaban J connectivity index is 1.97. The van der Waals surface area contributed by atoms with E-state index >= 15 is 0 Å². The van der Waals surface area contributed by atoms with Gasteiger partial charge in [0.15, 0.2) is 0 Å². The average molecular weight is 221 g/mol. The van der Waals surface area contributed by atoms with Crippen LogP contribution in [0.15, 0.2) is 12.3 Å². The van der Waals surface area contributed by atoms with Crippen molar-refractivity contribution in [2.24, 2.45) is 5.92 Å². The van der Waals surface area contributed by atoms with Gasteiger partial charge in [-0.3, -0.25) is 4.90 Å². The molecule has 0 amide bonds. The van der Waals surface area contributed by atoms with Gasteiger partial charge in [-0.1, -0.05) is 6.92 Å². The largest absolute Gasteiger partial charge is 0.467 e. The molecule has 0 bridgehead atoms. The topological polar surface area (TPSA) is 38.2 Å². The van der Waals surface area contributed by atoms with Crippen molar-refractivity contribution >= 4 is 0 Å². The van der Waals surface area contributed by atoms with E-state index in [4.69, 9.17) is 4.74 Å². The van der Waals surface area contributed by atoms with Crippen LogP contribution < -0.4 is 4.74 Å². The first kappa shape index (κ1) is 11.3. The molecule has 16 heavy (non-hydrogen) atoms. The summed E-state index contributed by atoms with van der Waals surface area (Å²) in [6.07, 6.45) is 4.40. The molecule has 2 heterocycles. The second-order valence-corrected chi connectivity index (χ2v) is 4.52. The SMILES string of the molecule is COc1nccc(CN2CCCC(C)C2)n1. The van der Waals surface area contributed by atoms with Crippen molar-refractivity contribution in [3.8, 4) is 6.01 Å². The maximum atomic E-state index is 5.02. The summed E-state index contributed by atoms with van der Waals surface area (Å²) in [4.78, 5) is 10.8. The van der Waals surface area contributed by atoms with E-state index in [1.807, 2.05) is 6.07 Å². The normalized spacial score (nSPS) is 22.0. The number of methoxy groups -OCH3 is 1. The lowest BCUT2D eigenvalue weighted by Crippen LogP contribution is -2.33. The van der Waals surface area contributed by atoms with Crippen LogP contribution in [0.4, 0.5) is 0 Å². The van der Waals surface area contributed by atoms with Gasteiger partial charge in [-0.15, -0.1) is 0 Å². The summed E-state index contributed by atoms with van der Waals surface area (Å²) in [5.41, 5.74) is 1.04. The Labute approximate surface area is 96.7 Å². The lowest BCUT2D eigenvalue weighted by Gasteiger charge is -2.30. The fourth-order valence-electron chi connectivity index (χ4n) is 2.22. The molecule has 1 aliphatic rings. The third kappa shape index (κ3) is 2.92. The first-order valence-electron chi connectivity index (χ1n) is 5.86. The molecule has 88 valence electrons. The van der Waals surface area contributed by atoms with Gasteiger partial charge < -0.3 is 4.74 Å². The number of nitrogens with zero attached hydrogens (tertiary/aromatic N) is 3. The molecule has 1 saturated heterocycles. The third-order valence-corrected chi connectivity index (χ3v) is 3.00. The van der Waals surface area contributed by atoms with Crippen LogP contribution in [-0.2, 0) is 6.54 Å². The van der Waals surface area contributed by atoms with E-state index in [1.54, 1.807) is 13.3 Å². The lowest BCUT2D eigenvalue weighted by atomic mass is 10.0. The van der Waals surface area contributed by atoms with E-state index in [-0.39, 0.29) is 0 Å². The Morgan fingerprint density at radius 1 is 1.56 bits per heavy atom. The van der Waals surface area contributed by atoms with Crippen LogP contribution >= 0.6 is 0 Å². The molecule has 1 aliphatic heterocycles. The van der Waals surface area contributed by atoms with Crippen LogP contribution in [0.25, 0.3) is 0 Å². The highest BCUT2D eigenvalue weighted by molar-refractivity contribution is 5.05. The van der Waals surface area contributed by atoms with Gasteiger partial charge in [-0.05, 0) is 31.4 Å². The molecule has 1 aromatic heterocycles. The molecule has 4 heteroatoms. The second kappa shape index (κ2) is 5.25. The summed E-state index contributed by atoms with van der Waals surface area (Å²) >= 11 is 0. The van der Waals surface area contributed by atoms with Crippen LogP contribution in [0.2, 0.25) is 0 Å². The Bertz CT molecular complexity index is 343. The lowest BCUT2D eigenvalue weighted by molar-refractivity contribution is 0.174. The van der Waals surface area contributed by atoms with Crippen LogP contribution in [0.1, 0.15) is 25.5 Å². The molecule has 0 radical (unpaired) electrons. The van der Waals surface area contributed by atoms with E-state index in [2.05, 4.69) is 21.8 Å². The zero-order valence-electron chi connectivity index (χ0n) is 10.0. The summed E-state index contributed by atoms with van der Waals surface area (Å²) < 4.78 is 5.02. The van der Waals surface area contributed by atoms with Crippen molar-refractivity contribution in [3.05, 3.63) is 18.0 Å². The van der Waals surface area contributed by atoms with E-state index in [1.165, 1.54) is 25.9 Å². The average Bonchev–Trinajstić information content (AvgIpc) is 2.29. The van der Waals surface area contributed by atoms with Gasteiger partial charge in [0.05, 0.1) is 12.8 Å². The van der Waals surface area contributed by atoms with E-state index in [0.29, 0.717) is 6.01 Å². The van der Waals surface area contributed by atoms with Gasteiger partial charge in [0, 0.05) is 19.3 Å². The van der Waals surface area contributed by atoms with Gasteiger partial charge in [-0.2, -0.15) is 4.98 Å². The minimum absolute atomic E-state index is 0.461. The number of rotatable bonds is 3. The first-order valence-corrected chi connectivity index (χ1v) is 5.86. The van der Waals surface area contributed by atoms with Gasteiger partial charge in [0.25, 0.3) is 0 Å². The minimum atomic E-state index is 0.461. The molecule has 1 atom stereocenters. The molecular formula is C12H19N3O. The second-order valence-electron chi connectivity index (χ2n) is 4.52. The number of ether oxygens (including phenoxy) is 1. The molecule has 0 spiro atoms. The Morgan fingerprint density at radius 2 is 2.44 bits per heavy atom. The fraction of sp³-hybridized carbons (Fsp3) is 0.667. The number of piperidine rings is 1. The maximum absolute atomic E-state index is 5.02. The van der Waals surface area contributed by atoms with Gasteiger partial charge >= 0.3 is 6.01 Å². The molecule has 0 aliphatic carbocycles. The predicted octanol–water partition coefficient (Wildman–Crippen LogP) is 1.72. The Hall–Kier alpha value is -1.16. The third-order valence-electron chi connectivity index (χ3n) is 3.00. The van der Waals surface area contributed by atoms with Crippen molar-refractivity contribution < 1.29 is 4.74 Å². The maximum Gasteiger partial charge on any atom is 0.316 e. The quantitative estimate of drug-likeness (QED) is 0.779. The molecule has 2 rings (SSSR count). The smallest absolute Gasteiger partial charge is 0.316 e.